The summed E-state index contributed by atoms with van der Waals surface area (Å²) >= 11 is 9.30. The van der Waals surface area contributed by atoms with Crippen molar-refractivity contribution in [2.45, 2.75) is 0 Å². The lowest BCUT2D eigenvalue weighted by molar-refractivity contribution is -0.133. The Morgan fingerprint density at radius 2 is 1.85 bits per heavy atom. The van der Waals surface area contributed by atoms with Gasteiger partial charge in [-0.1, -0.05) is 23.7 Å². The zero-order chi connectivity index (χ0) is 18.5. The first-order valence-electron chi connectivity index (χ1n) is 8.32. The number of ether oxygens (including phenoxy) is 2. The van der Waals surface area contributed by atoms with Crippen LogP contribution in [0.5, 0.6) is 11.5 Å². The highest BCUT2D eigenvalue weighted by Gasteiger charge is 2.23. The third-order valence-electron chi connectivity index (χ3n) is 4.30. The smallest absolute Gasteiger partial charge is 0.260 e. The van der Waals surface area contributed by atoms with Gasteiger partial charge in [-0.2, -0.15) is 0 Å². The second kappa shape index (κ2) is 8.64. The second-order valence-electron chi connectivity index (χ2n) is 5.90. The molecule has 1 fully saturated rings. The van der Waals surface area contributed by atoms with Crippen LogP contribution in [0.1, 0.15) is 0 Å². The molecule has 2 aromatic rings. The first-order chi connectivity index (χ1) is 12.6. The first-order valence-corrected chi connectivity index (χ1v) is 9.49. The van der Waals surface area contributed by atoms with E-state index in [1.807, 2.05) is 29.2 Å². The molecule has 1 heterocycles. The zero-order valence-electron chi connectivity index (χ0n) is 14.5. The molecule has 1 aliphatic rings. The molecule has 2 aromatic carbocycles. The van der Waals surface area contributed by atoms with E-state index in [1.54, 1.807) is 25.3 Å². The van der Waals surface area contributed by atoms with Crippen molar-refractivity contribution in [1.82, 2.24) is 4.90 Å². The van der Waals surface area contributed by atoms with Gasteiger partial charge in [0.25, 0.3) is 5.91 Å². The molecule has 0 spiro atoms. The molecule has 3 rings (SSSR count). The molecule has 0 bridgehead atoms. The van der Waals surface area contributed by atoms with E-state index >= 15 is 0 Å². The van der Waals surface area contributed by atoms with Crippen LogP contribution >= 0.6 is 27.5 Å². The van der Waals surface area contributed by atoms with Crippen LogP contribution in [0.3, 0.4) is 0 Å². The highest BCUT2D eigenvalue weighted by Crippen LogP contribution is 2.29. The number of methoxy groups -OCH3 is 1. The number of anilines is 1. The fourth-order valence-electron chi connectivity index (χ4n) is 2.91. The molecule has 0 aromatic heterocycles. The van der Waals surface area contributed by atoms with Crippen molar-refractivity contribution in [3.63, 3.8) is 0 Å². The Hall–Kier alpha value is -1.92. The van der Waals surface area contributed by atoms with Gasteiger partial charge in [0.15, 0.2) is 6.61 Å². The van der Waals surface area contributed by atoms with Crippen LogP contribution in [0.15, 0.2) is 46.9 Å². The maximum atomic E-state index is 12.4. The van der Waals surface area contributed by atoms with Crippen LogP contribution in [-0.2, 0) is 4.79 Å². The van der Waals surface area contributed by atoms with Gasteiger partial charge in [-0.15, -0.1) is 0 Å². The van der Waals surface area contributed by atoms with E-state index in [9.17, 15) is 4.79 Å². The zero-order valence-corrected chi connectivity index (χ0v) is 16.8. The largest absolute Gasteiger partial charge is 0.495 e. The normalized spacial score (nSPS) is 14.3. The lowest BCUT2D eigenvalue weighted by atomic mass is 10.2. The van der Waals surface area contributed by atoms with Crippen molar-refractivity contribution in [2.75, 3.05) is 44.8 Å². The summed E-state index contributed by atoms with van der Waals surface area (Å²) in [5.74, 6) is 1.44. The van der Waals surface area contributed by atoms with Gasteiger partial charge in [0, 0.05) is 31.2 Å². The minimum absolute atomic E-state index is 0.00882. The average Bonchev–Trinajstić information content (AvgIpc) is 2.67. The fourth-order valence-corrected chi connectivity index (χ4v) is 3.71. The van der Waals surface area contributed by atoms with E-state index in [2.05, 4.69) is 20.8 Å². The number of amides is 1. The summed E-state index contributed by atoms with van der Waals surface area (Å²) in [6, 6.07) is 13.2. The summed E-state index contributed by atoms with van der Waals surface area (Å²) in [5, 5.41) is 0.614. The number of para-hydroxylation sites is 2. The Morgan fingerprint density at radius 3 is 2.54 bits per heavy atom. The van der Waals surface area contributed by atoms with Gasteiger partial charge >= 0.3 is 0 Å². The molecule has 0 atom stereocenters. The van der Waals surface area contributed by atoms with E-state index in [4.69, 9.17) is 21.1 Å². The van der Waals surface area contributed by atoms with Crippen LogP contribution in [0, 0.1) is 0 Å². The Balaban J connectivity index is 1.53. The molecule has 0 radical (unpaired) electrons. The van der Waals surface area contributed by atoms with Crippen molar-refractivity contribution in [3.05, 3.63) is 52.0 Å². The van der Waals surface area contributed by atoms with E-state index in [-0.39, 0.29) is 12.5 Å². The molecular weight excluding hydrogens is 420 g/mol. The topological polar surface area (TPSA) is 42.0 Å². The Kier molecular flexibility index (Phi) is 6.27. The van der Waals surface area contributed by atoms with Gasteiger partial charge in [-0.3, -0.25) is 4.79 Å². The third-order valence-corrected chi connectivity index (χ3v) is 5.16. The van der Waals surface area contributed by atoms with Crippen LogP contribution in [0.25, 0.3) is 0 Å². The first kappa shape index (κ1) is 18.9. The van der Waals surface area contributed by atoms with Crippen molar-refractivity contribution in [2.24, 2.45) is 0 Å². The molecule has 5 nitrogen and oxygen atoms in total. The standard InChI is InChI=1S/C19H20BrClN2O3/c1-25-18-5-3-2-4-16(18)22-8-10-23(11-9-22)19(24)13-26-17-7-6-14(21)12-15(17)20/h2-7,12H,8-11,13H2,1H3. The van der Waals surface area contributed by atoms with Crippen molar-refractivity contribution in [3.8, 4) is 11.5 Å². The van der Waals surface area contributed by atoms with Gasteiger partial charge < -0.3 is 19.3 Å². The number of carbonyl (C=O) groups is 1. The van der Waals surface area contributed by atoms with E-state index in [0.29, 0.717) is 23.9 Å². The molecule has 7 heteroatoms. The number of piperazine rings is 1. The van der Waals surface area contributed by atoms with E-state index in [0.717, 1.165) is 29.0 Å². The molecule has 26 heavy (non-hydrogen) atoms. The SMILES string of the molecule is COc1ccccc1N1CCN(C(=O)COc2ccc(Cl)cc2Br)CC1. The van der Waals surface area contributed by atoms with Crippen LogP contribution in [0.2, 0.25) is 5.02 Å². The predicted octanol–water partition coefficient (Wildman–Crippen LogP) is 3.84. The molecule has 0 unspecified atom stereocenters. The van der Waals surface area contributed by atoms with Crippen LogP contribution < -0.4 is 14.4 Å². The Labute approximate surface area is 166 Å². The Bertz CT molecular complexity index is 779. The number of hydrogen-bond donors (Lipinski definition) is 0. The highest BCUT2D eigenvalue weighted by molar-refractivity contribution is 9.10. The summed E-state index contributed by atoms with van der Waals surface area (Å²) in [4.78, 5) is 16.5. The van der Waals surface area contributed by atoms with Gasteiger partial charge in [0.05, 0.1) is 17.3 Å². The molecular formula is C19H20BrClN2O3. The maximum Gasteiger partial charge on any atom is 0.260 e. The number of nitrogens with zero attached hydrogens (tertiary/aromatic N) is 2. The molecule has 1 saturated heterocycles. The average molecular weight is 440 g/mol. The monoisotopic (exact) mass is 438 g/mol. The number of benzene rings is 2. The van der Waals surface area contributed by atoms with Crippen molar-refractivity contribution >= 4 is 39.1 Å². The minimum atomic E-state index is -0.0217. The van der Waals surface area contributed by atoms with Crippen LogP contribution in [0.4, 0.5) is 5.69 Å². The van der Waals surface area contributed by atoms with E-state index < -0.39 is 0 Å². The van der Waals surface area contributed by atoms with Gasteiger partial charge in [0.2, 0.25) is 0 Å². The Morgan fingerprint density at radius 1 is 1.12 bits per heavy atom. The minimum Gasteiger partial charge on any atom is -0.495 e. The fraction of sp³-hybridized carbons (Fsp3) is 0.316. The molecule has 0 aliphatic carbocycles. The lowest BCUT2D eigenvalue weighted by Gasteiger charge is -2.36. The number of carbonyl (C=O) groups excluding carboxylic acids is 1. The van der Waals surface area contributed by atoms with Gasteiger partial charge in [-0.05, 0) is 46.3 Å². The van der Waals surface area contributed by atoms with Gasteiger partial charge in [0.1, 0.15) is 11.5 Å². The molecule has 1 aliphatic heterocycles. The number of rotatable bonds is 5. The molecule has 0 saturated carbocycles. The summed E-state index contributed by atoms with van der Waals surface area (Å²) in [5.41, 5.74) is 1.06. The quantitative estimate of drug-likeness (QED) is 0.710. The van der Waals surface area contributed by atoms with Crippen molar-refractivity contribution < 1.29 is 14.3 Å². The summed E-state index contributed by atoms with van der Waals surface area (Å²) in [7, 11) is 1.67. The molecule has 138 valence electrons. The van der Waals surface area contributed by atoms with Gasteiger partial charge in [-0.25, -0.2) is 0 Å². The van der Waals surface area contributed by atoms with E-state index in [1.165, 1.54) is 0 Å². The summed E-state index contributed by atoms with van der Waals surface area (Å²) in [6.07, 6.45) is 0. The number of hydrogen-bond acceptors (Lipinski definition) is 4. The summed E-state index contributed by atoms with van der Waals surface area (Å²) in [6.45, 7) is 2.84. The van der Waals surface area contributed by atoms with Crippen LogP contribution in [-0.4, -0.2) is 50.7 Å². The highest BCUT2D eigenvalue weighted by atomic mass is 79.9. The lowest BCUT2D eigenvalue weighted by Crippen LogP contribution is -2.50. The third kappa shape index (κ3) is 4.43. The maximum absolute atomic E-state index is 12.4. The second-order valence-corrected chi connectivity index (χ2v) is 7.19. The molecule has 0 N–H and O–H groups in total. The van der Waals surface area contributed by atoms with Crippen molar-refractivity contribution in [1.29, 1.82) is 0 Å². The molecule has 1 amide bonds. The number of halogens is 2. The predicted molar refractivity (Wildman–Crippen MR) is 106 cm³/mol. The summed E-state index contributed by atoms with van der Waals surface area (Å²) < 4.78 is 11.8.